The Balaban J connectivity index is 1.45. The SMILES string of the molecule is O=C([C@H](O)c1ccccc1)N1C[C@@H]2C[C@H](C1)c1cc(-c3ccccn3)cc(=O)n1C2. The summed E-state index contributed by atoms with van der Waals surface area (Å²) in [7, 11) is 0. The number of fused-ring (bicyclic) bond motifs is 4. The number of benzene rings is 1. The Kier molecular flexibility index (Phi) is 4.71. The molecule has 6 nitrogen and oxygen atoms in total. The molecule has 4 heterocycles. The number of hydrogen-bond acceptors (Lipinski definition) is 4. The third-order valence-electron chi connectivity index (χ3n) is 6.18. The molecule has 1 saturated heterocycles. The minimum Gasteiger partial charge on any atom is -0.378 e. The number of aliphatic hydroxyl groups is 1. The van der Waals surface area contributed by atoms with Gasteiger partial charge < -0.3 is 14.6 Å². The Bertz CT molecular complexity index is 1130. The average molecular weight is 401 g/mol. The molecule has 1 fully saturated rings. The molecule has 2 bridgehead atoms. The summed E-state index contributed by atoms with van der Waals surface area (Å²) in [4.78, 5) is 31.9. The van der Waals surface area contributed by atoms with E-state index >= 15 is 0 Å². The minimum atomic E-state index is -1.16. The number of amides is 1. The van der Waals surface area contributed by atoms with Crippen LogP contribution in [0.5, 0.6) is 0 Å². The van der Waals surface area contributed by atoms with E-state index < -0.39 is 6.10 Å². The van der Waals surface area contributed by atoms with Gasteiger partial charge in [0.05, 0.1) is 5.69 Å². The number of aromatic nitrogens is 2. The van der Waals surface area contributed by atoms with Crippen LogP contribution in [0.15, 0.2) is 71.7 Å². The van der Waals surface area contributed by atoms with Crippen LogP contribution in [0.3, 0.4) is 0 Å². The fourth-order valence-corrected chi connectivity index (χ4v) is 4.77. The van der Waals surface area contributed by atoms with Gasteiger partial charge in [0.2, 0.25) is 0 Å². The summed E-state index contributed by atoms with van der Waals surface area (Å²) < 4.78 is 1.85. The van der Waals surface area contributed by atoms with E-state index in [4.69, 9.17) is 0 Å². The number of likely N-dealkylation sites (tertiary alicyclic amines) is 1. The van der Waals surface area contributed by atoms with Crippen LogP contribution in [-0.2, 0) is 11.3 Å². The van der Waals surface area contributed by atoms with Gasteiger partial charge in [0, 0.05) is 49.1 Å². The van der Waals surface area contributed by atoms with Crippen LogP contribution in [0.4, 0.5) is 0 Å². The third-order valence-corrected chi connectivity index (χ3v) is 6.18. The van der Waals surface area contributed by atoms with E-state index in [-0.39, 0.29) is 23.3 Å². The molecule has 152 valence electrons. The largest absolute Gasteiger partial charge is 0.378 e. The van der Waals surface area contributed by atoms with Gasteiger partial charge in [-0.25, -0.2) is 0 Å². The molecular weight excluding hydrogens is 378 g/mol. The predicted octanol–water partition coefficient (Wildman–Crippen LogP) is 2.59. The Hall–Kier alpha value is -3.25. The molecule has 2 aliphatic heterocycles. The van der Waals surface area contributed by atoms with Gasteiger partial charge in [-0.05, 0) is 36.1 Å². The Labute approximate surface area is 174 Å². The number of nitrogens with zero attached hydrogens (tertiary/aromatic N) is 3. The fourth-order valence-electron chi connectivity index (χ4n) is 4.77. The molecule has 1 amide bonds. The average Bonchev–Trinajstić information content (AvgIpc) is 2.79. The maximum Gasteiger partial charge on any atom is 0.256 e. The Morgan fingerprint density at radius 2 is 1.83 bits per heavy atom. The zero-order valence-corrected chi connectivity index (χ0v) is 16.5. The maximum atomic E-state index is 13.0. The smallest absolute Gasteiger partial charge is 0.256 e. The molecule has 1 aromatic carbocycles. The molecule has 2 aliphatic rings. The normalized spacial score (nSPS) is 21.0. The molecule has 3 aromatic rings. The Morgan fingerprint density at radius 1 is 1.03 bits per heavy atom. The lowest BCUT2D eigenvalue weighted by Crippen LogP contribution is -2.50. The molecule has 6 heteroatoms. The van der Waals surface area contributed by atoms with E-state index in [9.17, 15) is 14.7 Å². The van der Waals surface area contributed by atoms with Gasteiger partial charge in [-0.15, -0.1) is 0 Å². The summed E-state index contributed by atoms with van der Waals surface area (Å²) in [6.07, 6.45) is 1.50. The third kappa shape index (κ3) is 3.33. The molecule has 0 saturated carbocycles. The lowest BCUT2D eigenvalue weighted by molar-refractivity contribution is -0.143. The predicted molar refractivity (Wildman–Crippen MR) is 113 cm³/mol. The van der Waals surface area contributed by atoms with Crippen LogP contribution >= 0.6 is 0 Å². The van der Waals surface area contributed by atoms with Gasteiger partial charge in [0.15, 0.2) is 6.10 Å². The molecule has 0 aliphatic carbocycles. The van der Waals surface area contributed by atoms with Crippen molar-refractivity contribution in [2.45, 2.75) is 25.0 Å². The molecule has 2 aromatic heterocycles. The van der Waals surface area contributed by atoms with Gasteiger partial charge in [-0.3, -0.25) is 14.6 Å². The first kappa shape index (κ1) is 18.8. The number of carbonyl (C=O) groups is 1. The first-order chi connectivity index (χ1) is 14.6. The molecule has 5 rings (SSSR count). The molecule has 0 spiro atoms. The van der Waals surface area contributed by atoms with Crippen molar-refractivity contribution in [2.24, 2.45) is 5.92 Å². The first-order valence-electron chi connectivity index (χ1n) is 10.3. The standard InChI is InChI=1S/C24H23N3O3/c28-22-12-18(20-8-4-5-9-25-20)11-21-19-10-16(14-27(21)22)13-26(15-19)24(30)23(29)17-6-2-1-3-7-17/h1-9,11-12,16,19,23,29H,10,13-15H2/t16-,19+,23+/m0/s1. The lowest BCUT2D eigenvalue weighted by Gasteiger charge is -2.43. The monoisotopic (exact) mass is 401 g/mol. The second-order valence-corrected chi connectivity index (χ2v) is 8.19. The van der Waals surface area contributed by atoms with Gasteiger partial charge in [0.25, 0.3) is 11.5 Å². The summed E-state index contributed by atoms with van der Waals surface area (Å²) >= 11 is 0. The highest BCUT2D eigenvalue weighted by Gasteiger charge is 2.38. The van der Waals surface area contributed by atoms with E-state index in [1.807, 2.05) is 47.0 Å². The molecular formula is C24H23N3O3. The second kappa shape index (κ2) is 7.54. The summed E-state index contributed by atoms with van der Waals surface area (Å²) in [6.45, 7) is 1.66. The fraction of sp³-hybridized carbons (Fsp3) is 0.292. The topological polar surface area (TPSA) is 75.4 Å². The molecule has 30 heavy (non-hydrogen) atoms. The van der Waals surface area contributed by atoms with Crippen LogP contribution in [0.1, 0.15) is 29.7 Å². The van der Waals surface area contributed by atoms with Crippen molar-refractivity contribution in [3.05, 3.63) is 88.5 Å². The quantitative estimate of drug-likeness (QED) is 0.732. The van der Waals surface area contributed by atoms with Crippen molar-refractivity contribution in [1.82, 2.24) is 14.5 Å². The summed E-state index contributed by atoms with van der Waals surface area (Å²) in [5.41, 5.74) is 3.10. The Morgan fingerprint density at radius 3 is 2.60 bits per heavy atom. The number of carbonyl (C=O) groups excluding carboxylic acids is 1. The van der Waals surface area contributed by atoms with Gasteiger partial charge >= 0.3 is 0 Å². The number of hydrogen-bond donors (Lipinski definition) is 1. The van der Waals surface area contributed by atoms with Gasteiger partial charge in [0.1, 0.15) is 0 Å². The van der Waals surface area contributed by atoms with Gasteiger partial charge in [-0.1, -0.05) is 36.4 Å². The highest BCUT2D eigenvalue weighted by molar-refractivity contribution is 5.82. The lowest BCUT2D eigenvalue weighted by atomic mass is 9.82. The summed E-state index contributed by atoms with van der Waals surface area (Å²) in [6, 6.07) is 18.4. The van der Waals surface area contributed by atoms with Crippen LogP contribution in [0.2, 0.25) is 0 Å². The van der Waals surface area contributed by atoms with E-state index in [1.54, 1.807) is 29.3 Å². The van der Waals surface area contributed by atoms with Crippen molar-refractivity contribution in [2.75, 3.05) is 13.1 Å². The van der Waals surface area contributed by atoms with E-state index in [0.29, 0.717) is 25.2 Å². The van der Waals surface area contributed by atoms with Gasteiger partial charge in [-0.2, -0.15) is 0 Å². The number of rotatable bonds is 3. The maximum absolute atomic E-state index is 13.0. The first-order valence-corrected chi connectivity index (χ1v) is 10.3. The number of piperidine rings is 1. The van der Waals surface area contributed by atoms with Crippen molar-refractivity contribution >= 4 is 5.91 Å². The minimum absolute atomic E-state index is 0.0213. The van der Waals surface area contributed by atoms with Crippen LogP contribution in [0, 0.1) is 5.92 Å². The summed E-state index contributed by atoms with van der Waals surface area (Å²) in [5.74, 6) is 0.00920. The van der Waals surface area contributed by atoms with E-state index in [2.05, 4.69) is 4.98 Å². The van der Waals surface area contributed by atoms with E-state index in [1.165, 1.54) is 0 Å². The second-order valence-electron chi connectivity index (χ2n) is 8.19. The zero-order valence-electron chi connectivity index (χ0n) is 16.5. The van der Waals surface area contributed by atoms with Crippen LogP contribution in [-0.4, -0.2) is 38.6 Å². The number of pyridine rings is 2. The van der Waals surface area contributed by atoms with Crippen molar-refractivity contribution in [1.29, 1.82) is 0 Å². The van der Waals surface area contributed by atoms with Crippen molar-refractivity contribution in [3.63, 3.8) is 0 Å². The van der Waals surface area contributed by atoms with Crippen molar-refractivity contribution < 1.29 is 9.90 Å². The van der Waals surface area contributed by atoms with Crippen LogP contribution < -0.4 is 5.56 Å². The van der Waals surface area contributed by atoms with Crippen molar-refractivity contribution in [3.8, 4) is 11.3 Å². The molecule has 1 N–H and O–H groups in total. The number of aliphatic hydroxyl groups excluding tert-OH is 1. The zero-order chi connectivity index (χ0) is 20.7. The molecule has 0 unspecified atom stereocenters. The highest BCUT2D eigenvalue weighted by atomic mass is 16.3. The van der Waals surface area contributed by atoms with Crippen LogP contribution in [0.25, 0.3) is 11.3 Å². The van der Waals surface area contributed by atoms with E-state index in [0.717, 1.165) is 23.4 Å². The molecule has 0 radical (unpaired) electrons. The highest BCUT2D eigenvalue weighted by Crippen LogP contribution is 2.37. The molecule has 3 atom stereocenters. The summed E-state index contributed by atoms with van der Waals surface area (Å²) in [5, 5.41) is 10.6.